The molecule has 0 aliphatic carbocycles. The summed E-state index contributed by atoms with van der Waals surface area (Å²) in [6.45, 7) is 6.95. The van der Waals surface area contributed by atoms with Crippen molar-refractivity contribution in [3.05, 3.63) is 63.2 Å². The molecule has 3 N–H and O–H groups in total. The monoisotopic (exact) mass is 858 g/mol. The Bertz CT molecular complexity index is 1990. The maximum Gasteiger partial charge on any atom is 0.427 e. The van der Waals surface area contributed by atoms with Crippen molar-refractivity contribution in [1.82, 2.24) is 25.1 Å². The normalized spacial score (nSPS) is 10.4. The van der Waals surface area contributed by atoms with Crippen LogP contribution in [0.1, 0.15) is 20.8 Å². The molecule has 330 valence electrons. The summed E-state index contributed by atoms with van der Waals surface area (Å²) in [6.07, 6.45) is -3.89. The highest BCUT2D eigenvalue weighted by Crippen LogP contribution is 1.95. The Balaban J connectivity index is 2.94. The maximum atomic E-state index is 13.3. The van der Waals surface area contributed by atoms with Gasteiger partial charge in [-0.05, 0) is 20.8 Å². The lowest BCUT2D eigenvalue weighted by Gasteiger charge is -2.12. The summed E-state index contributed by atoms with van der Waals surface area (Å²) in [5, 5.41) is 6.10. The fourth-order valence-electron chi connectivity index (χ4n) is 3.23. The second-order valence-electron chi connectivity index (χ2n) is 11.1. The molecule has 0 fully saturated rings. The lowest BCUT2D eigenvalue weighted by Crippen LogP contribution is -2.51. The van der Waals surface area contributed by atoms with Crippen LogP contribution in [0.5, 0.6) is 0 Å². The van der Waals surface area contributed by atoms with Crippen molar-refractivity contribution in [2.45, 2.75) is 34.1 Å². The number of nitrogens with zero attached hydrogens (tertiary/aromatic N) is 3. The van der Waals surface area contributed by atoms with E-state index in [0.717, 1.165) is 0 Å². The molecule has 0 atom stereocenters. The van der Waals surface area contributed by atoms with Gasteiger partial charge in [0, 0.05) is 16.7 Å². The van der Waals surface area contributed by atoms with Crippen molar-refractivity contribution in [1.29, 1.82) is 0 Å². The number of esters is 6. The van der Waals surface area contributed by atoms with E-state index in [4.69, 9.17) is 37.6 Å². The molecule has 27 nitrogen and oxygen atoms in total. The summed E-state index contributed by atoms with van der Waals surface area (Å²) >= 11 is 0. The van der Waals surface area contributed by atoms with E-state index in [1.807, 2.05) is 10.6 Å². The van der Waals surface area contributed by atoms with Crippen LogP contribution in [0.3, 0.4) is 0 Å². The number of hydrogen-bond donors (Lipinski definition) is 3. The number of carbonyl (C=O) groups excluding carboxylic acids is 9. The van der Waals surface area contributed by atoms with E-state index in [0.29, 0.717) is 4.57 Å². The molecule has 0 aliphatic heterocycles. The number of rotatable bonds is 24. The molecule has 0 radical (unpaired) electrons. The van der Waals surface area contributed by atoms with Crippen LogP contribution in [0.25, 0.3) is 0 Å². The minimum atomic E-state index is -1.45. The molecule has 27 heteroatoms. The van der Waals surface area contributed by atoms with Gasteiger partial charge in [0.15, 0.2) is 19.8 Å². The molecule has 0 spiro atoms. The summed E-state index contributed by atoms with van der Waals surface area (Å²) < 4.78 is 48.2. The van der Waals surface area contributed by atoms with Crippen molar-refractivity contribution < 1.29 is 90.2 Å². The van der Waals surface area contributed by atoms with E-state index in [-0.39, 0.29) is 60.9 Å². The van der Waals surface area contributed by atoms with Gasteiger partial charge < -0.3 is 63.0 Å². The summed E-state index contributed by atoms with van der Waals surface area (Å²) in [6, 6.07) is 0. The number of alkyl carbamates (subject to hydrolysis) is 3. The minimum Gasteiger partial charge on any atom is -0.460 e. The highest BCUT2D eigenvalue weighted by molar-refractivity contribution is 5.87. The lowest BCUT2D eigenvalue weighted by atomic mass is 10.4. The molecule has 0 bridgehead atoms. The molecule has 1 rings (SSSR count). The molecule has 0 unspecified atom stereocenters. The lowest BCUT2D eigenvalue weighted by molar-refractivity contribution is -0.152. The third-order valence-corrected chi connectivity index (χ3v) is 6.04. The van der Waals surface area contributed by atoms with Gasteiger partial charge in [-0.25, -0.2) is 66.9 Å². The van der Waals surface area contributed by atoms with Crippen LogP contribution >= 0.6 is 0 Å². The Kier molecular flexibility index (Phi) is 22.6. The summed E-state index contributed by atoms with van der Waals surface area (Å²) in [7, 11) is 0. The van der Waals surface area contributed by atoms with E-state index in [2.05, 4.69) is 39.5 Å². The molecule has 0 saturated carbocycles. The maximum absolute atomic E-state index is 13.3. The average Bonchev–Trinajstić information content (AvgIpc) is 3.19. The second-order valence-corrected chi connectivity index (χ2v) is 11.1. The fourth-order valence-corrected chi connectivity index (χ4v) is 3.23. The zero-order valence-electron chi connectivity index (χ0n) is 32.5. The fraction of sp³-hybridized carbons (Fsp3) is 0.455. The zero-order chi connectivity index (χ0) is 45.2. The van der Waals surface area contributed by atoms with E-state index < -0.39 is 111 Å². The predicted molar refractivity (Wildman–Crippen MR) is 191 cm³/mol. The number of hydrogen-bond acceptors (Lipinski definition) is 22. The zero-order valence-corrected chi connectivity index (χ0v) is 32.5. The quantitative estimate of drug-likeness (QED) is 0.0420. The molecule has 60 heavy (non-hydrogen) atoms. The average molecular weight is 859 g/mol. The SMILES string of the molecule is C=C(C)C(=O)OCCOC(=O)COC(=O)NCN=c1oc(=O)n(CNC(=O)OCC(=O)OCCOC(=O)C(=C)C)c(=O)n1CNC(=O)OCC(=O)OCCOC(=O)C(=C)C. The standard InChI is InChI=1S/C33H42N6O21/c1-19(2)25(43)54-10-7-51-22(40)13-57-29(46)35-16-34-28-38(17-36-30(47)58-14-23(41)52-8-11-55-26(44)20(3)4)32(49)39(33(50)60-28)18-37-31(48)59-15-24(42)53-9-12-56-27(45)21(5)6/h1,3,5,7-18H2,2,4,6H3,(H,35,46)(H,36,47)(H,37,48). The third-order valence-electron chi connectivity index (χ3n) is 6.04. The first-order valence-corrected chi connectivity index (χ1v) is 16.8. The van der Waals surface area contributed by atoms with Crippen LogP contribution < -0.4 is 33.1 Å². The molecule has 1 heterocycles. The summed E-state index contributed by atoms with van der Waals surface area (Å²) in [5.41, 5.74) is -1.80. The largest absolute Gasteiger partial charge is 0.460 e. The van der Waals surface area contributed by atoms with Crippen molar-refractivity contribution >= 4 is 54.1 Å². The molecule has 0 saturated heterocycles. The predicted octanol–water partition coefficient (Wildman–Crippen LogP) is -2.46. The van der Waals surface area contributed by atoms with Crippen molar-refractivity contribution in [3.63, 3.8) is 0 Å². The molecule has 1 aromatic rings. The van der Waals surface area contributed by atoms with E-state index in [9.17, 15) is 52.7 Å². The van der Waals surface area contributed by atoms with Crippen LogP contribution in [0.15, 0.2) is 55.5 Å². The highest BCUT2D eigenvalue weighted by atomic mass is 16.6. The van der Waals surface area contributed by atoms with Gasteiger partial charge in [0.2, 0.25) is 0 Å². The molecular formula is C33H42N6O21. The van der Waals surface area contributed by atoms with E-state index >= 15 is 0 Å². The van der Waals surface area contributed by atoms with Crippen molar-refractivity contribution in [2.75, 3.05) is 66.1 Å². The van der Waals surface area contributed by atoms with Crippen LogP contribution in [-0.2, 0) is 84.7 Å². The van der Waals surface area contributed by atoms with Crippen LogP contribution in [0.4, 0.5) is 14.4 Å². The summed E-state index contributed by atoms with van der Waals surface area (Å²) in [5.74, 6) is -6.73. The highest BCUT2D eigenvalue weighted by Gasteiger charge is 2.17. The summed E-state index contributed by atoms with van der Waals surface area (Å²) in [4.78, 5) is 136. The number of nitrogens with one attached hydrogen (secondary N) is 3. The van der Waals surface area contributed by atoms with Crippen LogP contribution in [0.2, 0.25) is 0 Å². The molecule has 0 aliphatic rings. The molecule has 3 amide bonds. The smallest absolute Gasteiger partial charge is 0.427 e. The van der Waals surface area contributed by atoms with Crippen molar-refractivity contribution in [3.8, 4) is 0 Å². The first kappa shape index (κ1) is 50.3. The topological polar surface area (TPSA) is 342 Å². The van der Waals surface area contributed by atoms with Gasteiger partial charge in [-0.3, -0.25) is 0 Å². The first-order valence-electron chi connectivity index (χ1n) is 16.8. The van der Waals surface area contributed by atoms with E-state index in [1.165, 1.54) is 20.8 Å². The molecule has 1 aromatic heterocycles. The minimum absolute atomic E-state index is 0.111. The van der Waals surface area contributed by atoms with Crippen molar-refractivity contribution in [2.24, 2.45) is 4.99 Å². The van der Waals surface area contributed by atoms with Gasteiger partial charge in [-0.15, -0.1) is 0 Å². The van der Waals surface area contributed by atoms with Crippen LogP contribution in [0, 0.1) is 0 Å². The Hall–Kier alpha value is -7.74. The third kappa shape index (κ3) is 21.0. The Morgan fingerprint density at radius 1 is 0.517 bits per heavy atom. The first-order chi connectivity index (χ1) is 28.3. The Morgan fingerprint density at radius 2 is 0.850 bits per heavy atom. The van der Waals surface area contributed by atoms with Gasteiger partial charge in [0.25, 0.3) is 0 Å². The van der Waals surface area contributed by atoms with Gasteiger partial charge in [-0.2, -0.15) is 0 Å². The molecular weight excluding hydrogens is 816 g/mol. The Labute approximate surface area is 337 Å². The second kappa shape index (κ2) is 27.0. The van der Waals surface area contributed by atoms with Gasteiger partial charge in [-0.1, -0.05) is 19.7 Å². The number of amides is 3. The van der Waals surface area contributed by atoms with Crippen LogP contribution in [-0.4, -0.2) is 129 Å². The number of carbonyl (C=O) groups is 9. The van der Waals surface area contributed by atoms with Gasteiger partial charge >= 0.3 is 71.2 Å². The number of aromatic nitrogens is 2. The van der Waals surface area contributed by atoms with Gasteiger partial charge in [0.05, 0.1) is 0 Å². The Morgan fingerprint density at radius 3 is 1.22 bits per heavy atom. The molecule has 0 aromatic carbocycles. The van der Waals surface area contributed by atoms with E-state index in [1.54, 1.807) is 0 Å². The number of ether oxygens (including phenoxy) is 9. The van der Waals surface area contributed by atoms with Gasteiger partial charge in [0.1, 0.15) is 59.6 Å².